The molecular formula is C21H22N6S. The maximum Gasteiger partial charge on any atom is 0.109 e. The van der Waals surface area contributed by atoms with Crippen LogP contribution in [0.3, 0.4) is 0 Å². The third-order valence-electron chi connectivity index (χ3n) is 5.50. The zero-order chi connectivity index (χ0) is 18.9. The molecule has 4 aromatic rings. The minimum atomic E-state index is 0.236. The Bertz CT molecular complexity index is 1060. The van der Waals surface area contributed by atoms with Gasteiger partial charge in [-0.05, 0) is 53.2 Å². The standard InChI is InChI=1S/C21H22N6S/c1-25-9-10-26(12-16-4-7-22-8-5-16)14-20(25)21-19-3-2-17(13-27(19)24-23-21)18-6-11-28-15-18/h2-8,11,13,15,20H,9-10,12,14H2,1H3. The van der Waals surface area contributed by atoms with Crippen LogP contribution in [0.15, 0.2) is 59.7 Å². The van der Waals surface area contributed by atoms with Crippen molar-refractivity contribution in [3.05, 3.63) is 70.9 Å². The van der Waals surface area contributed by atoms with Gasteiger partial charge in [-0.1, -0.05) is 11.3 Å². The molecule has 0 radical (unpaired) electrons. The molecule has 5 heterocycles. The van der Waals surface area contributed by atoms with E-state index in [1.807, 2.05) is 16.9 Å². The van der Waals surface area contributed by atoms with Crippen molar-refractivity contribution in [2.75, 3.05) is 26.7 Å². The predicted molar refractivity (Wildman–Crippen MR) is 111 cm³/mol. The highest BCUT2D eigenvalue weighted by molar-refractivity contribution is 7.08. The van der Waals surface area contributed by atoms with Gasteiger partial charge < -0.3 is 0 Å². The molecule has 0 aliphatic carbocycles. The number of piperazine rings is 1. The number of fused-ring (bicyclic) bond motifs is 1. The van der Waals surface area contributed by atoms with Gasteiger partial charge in [-0.25, -0.2) is 4.52 Å². The summed E-state index contributed by atoms with van der Waals surface area (Å²) in [7, 11) is 2.18. The van der Waals surface area contributed by atoms with E-state index in [1.165, 1.54) is 16.7 Å². The summed E-state index contributed by atoms with van der Waals surface area (Å²) in [5, 5.41) is 13.3. The molecule has 6 nitrogen and oxygen atoms in total. The Morgan fingerprint density at radius 3 is 2.79 bits per heavy atom. The van der Waals surface area contributed by atoms with Crippen molar-refractivity contribution in [3.8, 4) is 11.1 Å². The maximum absolute atomic E-state index is 4.57. The van der Waals surface area contributed by atoms with Crippen molar-refractivity contribution >= 4 is 16.9 Å². The van der Waals surface area contributed by atoms with Crippen LogP contribution >= 0.6 is 11.3 Å². The van der Waals surface area contributed by atoms with E-state index >= 15 is 0 Å². The summed E-state index contributed by atoms with van der Waals surface area (Å²) in [4.78, 5) is 9.00. The molecule has 1 atom stereocenters. The number of hydrogen-bond donors (Lipinski definition) is 0. The molecule has 142 valence electrons. The van der Waals surface area contributed by atoms with Gasteiger partial charge in [0.1, 0.15) is 5.69 Å². The number of likely N-dealkylation sites (N-methyl/N-ethyl adjacent to an activating group) is 1. The highest BCUT2D eigenvalue weighted by atomic mass is 32.1. The SMILES string of the molecule is CN1CCN(Cc2ccncc2)CC1c1nnn2cc(-c3ccsc3)ccc12. The van der Waals surface area contributed by atoms with Crippen molar-refractivity contribution in [3.63, 3.8) is 0 Å². The molecule has 4 aromatic heterocycles. The van der Waals surface area contributed by atoms with Gasteiger partial charge in [-0.15, -0.1) is 5.10 Å². The number of rotatable bonds is 4. The van der Waals surface area contributed by atoms with E-state index in [0.29, 0.717) is 0 Å². The Morgan fingerprint density at radius 2 is 1.96 bits per heavy atom. The average Bonchev–Trinajstić information content (AvgIpc) is 3.40. The molecule has 0 bridgehead atoms. The van der Waals surface area contributed by atoms with Crippen LogP contribution in [-0.2, 0) is 6.54 Å². The van der Waals surface area contributed by atoms with E-state index in [2.05, 4.69) is 79.4 Å². The first-order valence-corrected chi connectivity index (χ1v) is 10.4. The van der Waals surface area contributed by atoms with Gasteiger partial charge in [0.05, 0.1) is 11.6 Å². The van der Waals surface area contributed by atoms with Gasteiger partial charge in [0, 0.05) is 50.3 Å². The number of thiophene rings is 1. The first-order chi connectivity index (χ1) is 13.8. The summed E-state index contributed by atoms with van der Waals surface area (Å²) < 4.78 is 1.91. The molecule has 0 spiro atoms. The fourth-order valence-corrected chi connectivity index (χ4v) is 4.53. The van der Waals surface area contributed by atoms with Crippen molar-refractivity contribution in [1.82, 2.24) is 29.6 Å². The summed E-state index contributed by atoms with van der Waals surface area (Å²) in [6.07, 6.45) is 5.80. The minimum absolute atomic E-state index is 0.236. The van der Waals surface area contributed by atoms with Gasteiger partial charge in [-0.2, -0.15) is 11.3 Å². The smallest absolute Gasteiger partial charge is 0.109 e. The van der Waals surface area contributed by atoms with E-state index in [1.54, 1.807) is 11.3 Å². The van der Waals surface area contributed by atoms with Gasteiger partial charge in [0.2, 0.25) is 0 Å². The van der Waals surface area contributed by atoms with Crippen molar-refractivity contribution in [1.29, 1.82) is 0 Å². The zero-order valence-corrected chi connectivity index (χ0v) is 16.6. The second-order valence-corrected chi connectivity index (χ2v) is 8.10. The molecule has 1 aliphatic rings. The van der Waals surface area contributed by atoms with Crippen LogP contribution in [0.4, 0.5) is 0 Å². The lowest BCUT2D eigenvalue weighted by Crippen LogP contribution is -2.46. The Morgan fingerprint density at radius 1 is 1.07 bits per heavy atom. The molecule has 0 aromatic carbocycles. The van der Waals surface area contributed by atoms with Crippen molar-refractivity contribution < 1.29 is 0 Å². The molecule has 0 saturated carbocycles. The lowest BCUT2D eigenvalue weighted by molar-refractivity contribution is 0.0889. The monoisotopic (exact) mass is 390 g/mol. The lowest BCUT2D eigenvalue weighted by Gasteiger charge is -2.38. The average molecular weight is 391 g/mol. The highest BCUT2D eigenvalue weighted by Crippen LogP contribution is 2.28. The zero-order valence-electron chi connectivity index (χ0n) is 15.8. The summed E-state index contributed by atoms with van der Waals surface area (Å²) in [6.45, 7) is 3.95. The normalized spacial score (nSPS) is 18.7. The largest absolute Gasteiger partial charge is 0.296 e. The maximum atomic E-state index is 4.57. The fraction of sp³-hybridized carbons (Fsp3) is 0.286. The molecular weight excluding hydrogens is 368 g/mol. The van der Waals surface area contributed by atoms with Crippen molar-refractivity contribution in [2.45, 2.75) is 12.6 Å². The lowest BCUT2D eigenvalue weighted by atomic mass is 10.1. The van der Waals surface area contributed by atoms with Gasteiger partial charge in [-0.3, -0.25) is 14.8 Å². The molecule has 1 fully saturated rings. The first kappa shape index (κ1) is 17.5. The quantitative estimate of drug-likeness (QED) is 0.535. The van der Waals surface area contributed by atoms with Crippen LogP contribution in [0, 0.1) is 0 Å². The van der Waals surface area contributed by atoms with E-state index in [0.717, 1.165) is 37.4 Å². The number of aromatic nitrogens is 4. The van der Waals surface area contributed by atoms with Crippen LogP contribution in [-0.4, -0.2) is 56.3 Å². The summed E-state index contributed by atoms with van der Waals surface area (Å²) in [5.41, 5.74) is 5.83. The molecule has 28 heavy (non-hydrogen) atoms. The third kappa shape index (κ3) is 3.32. The summed E-state index contributed by atoms with van der Waals surface area (Å²) in [5.74, 6) is 0. The van der Waals surface area contributed by atoms with Crippen LogP contribution in [0.25, 0.3) is 16.6 Å². The van der Waals surface area contributed by atoms with Crippen LogP contribution < -0.4 is 0 Å². The molecule has 7 heteroatoms. The molecule has 1 saturated heterocycles. The van der Waals surface area contributed by atoms with E-state index in [4.69, 9.17) is 0 Å². The molecule has 0 N–H and O–H groups in total. The minimum Gasteiger partial charge on any atom is -0.296 e. The second kappa shape index (κ2) is 7.43. The molecule has 1 unspecified atom stereocenters. The van der Waals surface area contributed by atoms with Gasteiger partial charge in [0.15, 0.2) is 0 Å². The summed E-state index contributed by atoms with van der Waals surface area (Å²) in [6, 6.07) is 10.9. The highest BCUT2D eigenvalue weighted by Gasteiger charge is 2.29. The van der Waals surface area contributed by atoms with Crippen molar-refractivity contribution in [2.24, 2.45) is 0 Å². The van der Waals surface area contributed by atoms with Gasteiger partial charge >= 0.3 is 0 Å². The van der Waals surface area contributed by atoms with E-state index < -0.39 is 0 Å². The summed E-state index contributed by atoms with van der Waals surface area (Å²) >= 11 is 1.71. The first-order valence-electron chi connectivity index (χ1n) is 9.47. The van der Waals surface area contributed by atoms with Crippen LogP contribution in [0.2, 0.25) is 0 Å². The second-order valence-electron chi connectivity index (χ2n) is 7.32. The Balaban J connectivity index is 1.41. The number of nitrogens with zero attached hydrogens (tertiary/aromatic N) is 6. The predicted octanol–water partition coefficient (Wildman–Crippen LogP) is 3.34. The number of pyridine rings is 2. The van der Waals surface area contributed by atoms with Crippen LogP contribution in [0.5, 0.6) is 0 Å². The topological polar surface area (TPSA) is 49.6 Å². The Hall–Kier alpha value is -2.61. The Labute approximate surface area is 168 Å². The fourth-order valence-electron chi connectivity index (χ4n) is 3.87. The Kier molecular flexibility index (Phi) is 4.64. The van der Waals surface area contributed by atoms with E-state index in [9.17, 15) is 0 Å². The third-order valence-corrected chi connectivity index (χ3v) is 6.18. The van der Waals surface area contributed by atoms with Crippen LogP contribution in [0.1, 0.15) is 17.3 Å². The number of hydrogen-bond acceptors (Lipinski definition) is 6. The van der Waals surface area contributed by atoms with Gasteiger partial charge in [0.25, 0.3) is 0 Å². The molecule has 0 amide bonds. The molecule has 1 aliphatic heterocycles. The molecule has 5 rings (SSSR count). The van der Waals surface area contributed by atoms with E-state index in [-0.39, 0.29) is 6.04 Å².